The number of ether oxygens (including phenoxy) is 2. The Bertz CT molecular complexity index is 1260. The predicted molar refractivity (Wildman–Crippen MR) is 135 cm³/mol. The van der Waals surface area contributed by atoms with Gasteiger partial charge in [0.15, 0.2) is 6.73 Å². The van der Waals surface area contributed by atoms with E-state index in [1.54, 1.807) is 32.9 Å². The van der Waals surface area contributed by atoms with Gasteiger partial charge in [0.05, 0.1) is 4.90 Å². The first-order valence-electron chi connectivity index (χ1n) is 12.2. The summed E-state index contributed by atoms with van der Waals surface area (Å²) in [6.07, 6.45) is 4.22. The number of nitrogens with one attached hydrogen (secondary N) is 1. The lowest BCUT2D eigenvalue weighted by molar-refractivity contribution is -0.147. The summed E-state index contributed by atoms with van der Waals surface area (Å²) in [5.74, 6) is -0.379. The van der Waals surface area contributed by atoms with Gasteiger partial charge in [0.2, 0.25) is 10.0 Å². The molecule has 11 heteroatoms. The largest absolute Gasteiger partial charge is 0.444 e. The van der Waals surface area contributed by atoms with E-state index in [4.69, 9.17) is 9.47 Å². The normalized spacial score (nSPS) is 16.7. The minimum atomic E-state index is -3.93. The van der Waals surface area contributed by atoms with Crippen molar-refractivity contribution < 1.29 is 27.5 Å². The zero-order chi connectivity index (χ0) is 26.5. The molecular formula is C25H35N3O7S. The molecule has 2 heterocycles. The molecule has 198 valence electrons. The Kier molecular flexibility index (Phi) is 8.78. The summed E-state index contributed by atoms with van der Waals surface area (Å²) in [5, 5.41) is 3.22. The molecule has 0 spiro atoms. The maximum Gasteiger partial charge on any atom is 0.407 e. The summed E-state index contributed by atoms with van der Waals surface area (Å²) >= 11 is 0. The lowest BCUT2D eigenvalue weighted by Crippen LogP contribution is -2.41. The molecule has 0 bridgehead atoms. The number of carbonyl (C=O) groups excluding carboxylic acids is 2. The van der Waals surface area contributed by atoms with Gasteiger partial charge in [-0.1, -0.05) is 25.8 Å². The lowest BCUT2D eigenvalue weighted by Gasteiger charge is -2.22. The van der Waals surface area contributed by atoms with Crippen LogP contribution in [0.4, 0.5) is 4.79 Å². The van der Waals surface area contributed by atoms with Crippen molar-refractivity contribution in [2.45, 2.75) is 83.1 Å². The van der Waals surface area contributed by atoms with E-state index in [1.807, 2.05) is 6.92 Å². The van der Waals surface area contributed by atoms with Crippen molar-refractivity contribution in [3.8, 4) is 0 Å². The Morgan fingerprint density at radius 3 is 2.58 bits per heavy atom. The standard InChI is InChI=1S/C25H35N3O7S/c1-5-6-7-11-22(29)34-17-27-14-13-19-20(23(27)30)9-8-10-21(19)36(32,33)28-15-12-18(16-28)26-24(31)35-25(2,3)4/h8-10,13-14,18H,5-7,11-12,15-17H2,1-4H3,(H,26,31). The number of pyridine rings is 1. The Morgan fingerprint density at radius 1 is 1.14 bits per heavy atom. The minimum absolute atomic E-state index is 0.0127. The van der Waals surface area contributed by atoms with Crippen LogP contribution in [-0.2, 0) is 31.0 Å². The van der Waals surface area contributed by atoms with Crippen molar-refractivity contribution in [2.75, 3.05) is 13.1 Å². The number of unbranched alkanes of at least 4 members (excludes halogenated alkanes) is 2. The Labute approximate surface area is 211 Å². The summed E-state index contributed by atoms with van der Waals surface area (Å²) in [6, 6.07) is 5.69. The molecule has 1 aliphatic heterocycles. The second-order valence-electron chi connectivity index (χ2n) is 9.91. The summed E-state index contributed by atoms with van der Waals surface area (Å²) in [6.45, 7) is 7.39. The third-order valence-electron chi connectivity index (χ3n) is 5.82. The van der Waals surface area contributed by atoms with Gasteiger partial charge >= 0.3 is 12.1 Å². The van der Waals surface area contributed by atoms with Crippen LogP contribution in [0.3, 0.4) is 0 Å². The second-order valence-corrected chi connectivity index (χ2v) is 11.8. The number of benzene rings is 1. The molecule has 1 aliphatic rings. The quantitative estimate of drug-likeness (QED) is 0.396. The van der Waals surface area contributed by atoms with Gasteiger partial charge < -0.3 is 14.8 Å². The Morgan fingerprint density at radius 2 is 1.89 bits per heavy atom. The van der Waals surface area contributed by atoms with Crippen molar-refractivity contribution in [1.29, 1.82) is 0 Å². The number of hydrogen-bond donors (Lipinski definition) is 1. The van der Waals surface area contributed by atoms with E-state index < -0.39 is 27.3 Å². The zero-order valence-corrected chi connectivity index (χ0v) is 22.1. The summed E-state index contributed by atoms with van der Waals surface area (Å²) in [4.78, 5) is 37.0. The smallest absolute Gasteiger partial charge is 0.407 e. The Hall–Kier alpha value is -2.92. The van der Waals surface area contributed by atoms with Crippen LogP contribution in [0.1, 0.15) is 59.8 Å². The zero-order valence-electron chi connectivity index (χ0n) is 21.3. The first-order chi connectivity index (χ1) is 16.9. The van der Waals surface area contributed by atoms with Crippen LogP contribution in [0.2, 0.25) is 0 Å². The number of esters is 1. The van der Waals surface area contributed by atoms with Crippen LogP contribution >= 0.6 is 0 Å². The van der Waals surface area contributed by atoms with Gasteiger partial charge in [-0.05, 0) is 51.8 Å². The first kappa shape index (κ1) is 27.7. The van der Waals surface area contributed by atoms with E-state index in [1.165, 1.54) is 27.2 Å². The van der Waals surface area contributed by atoms with E-state index in [-0.39, 0.29) is 53.9 Å². The molecule has 0 radical (unpaired) electrons. The molecule has 0 aliphatic carbocycles. The molecule has 0 saturated carbocycles. The molecule has 1 aromatic carbocycles. The van der Waals surface area contributed by atoms with Crippen LogP contribution < -0.4 is 10.9 Å². The van der Waals surface area contributed by atoms with Crippen molar-refractivity contribution in [1.82, 2.24) is 14.2 Å². The molecule has 1 amide bonds. The molecule has 1 fully saturated rings. The monoisotopic (exact) mass is 521 g/mol. The maximum atomic E-state index is 13.4. The molecule has 3 rings (SSSR count). The topological polar surface area (TPSA) is 124 Å². The highest BCUT2D eigenvalue weighted by atomic mass is 32.2. The minimum Gasteiger partial charge on any atom is -0.444 e. The van der Waals surface area contributed by atoms with Gasteiger partial charge in [0.1, 0.15) is 5.60 Å². The number of hydrogen-bond acceptors (Lipinski definition) is 7. The van der Waals surface area contributed by atoms with Gasteiger partial charge in [0.25, 0.3) is 5.56 Å². The first-order valence-corrected chi connectivity index (χ1v) is 13.6. The molecule has 1 aromatic heterocycles. The van der Waals surface area contributed by atoms with Crippen molar-refractivity contribution in [3.05, 3.63) is 40.8 Å². The summed E-state index contributed by atoms with van der Waals surface area (Å²) in [5.41, 5.74) is -1.10. The third kappa shape index (κ3) is 6.85. The lowest BCUT2D eigenvalue weighted by atomic mass is 10.2. The molecular weight excluding hydrogens is 486 g/mol. The number of rotatable bonds is 9. The summed E-state index contributed by atoms with van der Waals surface area (Å²) in [7, 11) is -3.93. The number of alkyl carbamates (subject to hydrolysis) is 1. The highest BCUT2D eigenvalue weighted by Crippen LogP contribution is 2.27. The van der Waals surface area contributed by atoms with E-state index in [0.29, 0.717) is 6.42 Å². The molecule has 1 saturated heterocycles. The number of aromatic nitrogens is 1. The SMILES string of the molecule is CCCCCC(=O)OCn1ccc2c(S(=O)(=O)N3CCC(NC(=O)OC(C)(C)C)C3)cccc2c1=O. The van der Waals surface area contributed by atoms with Crippen molar-refractivity contribution in [3.63, 3.8) is 0 Å². The molecule has 1 unspecified atom stereocenters. The van der Waals surface area contributed by atoms with Crippen LogP contribution in [-0.4, -0.2) is 54.1 Å². The molecule has 2 aromatic rings. The van der Waals surface area contributed by atoms with E-state index in [2.05, 4.69) is 5.32 Å². The van der Waals surface area contributed by atoms with Gasteiger partial charge in [-0.15, -0.1) is 0 Å². The predicted octanol–water partition coefficient (Wildman–Crippen LogP) is 3.37. The fourth-order valence-corrected chi connectivity index (χ4v) is 5.73. The van der Waals surface area contributed by atoms with Crippen LogP contribution in [0.5, 0.6) is 0 Å². The fraction of sp³-hybridized carbons (Fsp3) is 0.560. The number of fused-ring (bicyclic) bond motifs is 1. The number of sulfonamides is 1. The van der Waals surface area contributed by atoms with Gasteiger partial charge in [-0.25, -0.2) is 13.2 Å². The third-order valence-corrected chi connectivity index (χ3v) is 7.74. The van der Waals surface area contributed by atoms with Crippen LogP contribution in [0.25, 0.3) is 10.8 Å². The summed E-state index contributed by atoms with van der Waals surface area (Å²) < 4.78 is 39.9. The molecule has 36 heavy (non-hydrogen) atoms. The number of carbonyl (C=O) groups is 2. The maximum absolute atomic E-state index is 13.4. The average Bonchev–Trinajstić information content (AvgIpc) is 3.26. The molecule has 1 atom stereocenters. The Balaban J connectivity index is 1.75. The molecule has 10 nitrogen and oxygen atoms in total. The van der Waals surface area contributed by atoms with Gasteiger partial charge in [-0.2, -0.15) is 4.31 Å². The van der Waals surface area contributed by atoms with Crippen LogP contribution in [0, 0.1) is 0 Å². The number of nitrogens with zero attached hydrogens (tertiary/aromatic N) is 2. The average molecular weight is 522 g/mol. The van der Waals surface area contributed by atoms with E-state index in [9.17, 15) is 22.8 Å². The van der Waals surface area contributed by atoms with Crippen LogP contribution in [0.15, 0.2) is 40.2 Å². The van der Waals surface area contributed by atoms with Crippen molar-refractivity contribution in [2.24, 2.45) is 0 Å². The van der Waals surface area contributed by atoms with E-state index >= 15 is 0 Å². The van der Waals surface area contributed by atoms with E-state index in [0.717, 1.165) is 19.3 Å². The molecule has 1 N–H and O–H groups in total. The highest BCUT2D eigenvalue weighted by molar-refractivity contribution is 7.89. The van der Waals surface area contributed by atoms with Gasteiger partial charge in [-0.3, -0.25) is 14.2 Å². The highest BCUT2D eigenvalue weighted by Gasteiger charge is 2.35. The fourth-order valence-electron chi connectivity index (χ4n) is 4.03. The second kappa shape index (κ2) is 11.4. The number of amides is 1. The van der Waals surface area contributed by atoms with Gasteiger partial charge in [0, 0.05) is 42.5 Å². The van der Waals surface area contributed by atoms with Crippen molar-refractivity contribution >= 4 is 32.9 Å².